The molecule has 26 heavy (non-hydrogen) atoms. The predicted molar refractivity (Wildman–Crippen MR) is 102 cm³/mol. The molecule has 1 aromatic carbocycles. The number of methoxy groups -OCH3 is 1. The highest BCUT2D eigenvalue weighted by Gasteiger charge is 2.18. The molecule has 0 radical (unpaired) electrons. The normalized spacial score (nSPS) is 10.7. The zero-order chi connectivity index (χ0) is 18.8. The van der Waals surface area contributed by atoms with Gasteiger partial charge in [-0.2, -0.15) is 9.78 Å². The Morgan fingerprint density at radius 2 is 1.92 bits per heavy atom. The number of hydrogen-bond donors (Lipinski definition) is 1. The SMILES string of the molecule is COc1ccc(Cl)cc1C(=O)Nc1cc(C)nn1-c1ncc(Cl)cc1Cl. The quantitative estimate of drug-likeness (QED) is 0.670. The van der Waals surface area contributed by atoms with Gasteiger partial charge in [-0.05, 0) is 31.2 Å². The van der Waals surface area contributed by atoms with Crippen LogP contribution in [0.4, 0.5) is 5.82 Å². The molecule has 2 aromatic heterocycles. The molecule has 1 N–H and O–H groups in total. The molecular formula is C17H13Cl3N4O2. The lowest BCUT2D eigenvalue weighted by Crippen LogP contribution is -2.16. The molecule has 3 rings (SSSR count). The topological polar surface area (TPSA) is 69.0 Å². The molecule has 3 aromatic rings. The molecule has 0 unspecified atom stereocenters. The van der Waals surface area contributed by atoms with Crippen LogP contribution in [-0.2, 0) is 0 Å². The Morgan fingerprint density at radius 3 is 2.62 bits per heavy atom. The maximum atomic E-state index is 12.7. The number of hydrogen-bond acceptors (Lipinski definition) is 4. The molecule has 0 aliphatic heterocycles. The van der Waals surface area contributed by atoms with Crippen molar-refractivity contribution in [3.05, 3.63) is 62.9 Å². The van der Waals surface area contributed by atoms with E-state index >= 15 is 0 Å². The molecular weight excluding hydrogens is 399 g/mol. The summed E-state index contributed by atoms with van der Waals surface area (Å²) < 4.78 is 6.65. The lowest BCUT2D eigenvalue weighted by Gasteiger charge is -2.11. The standard InChI is InChI=1S/C17H13Cl3N4O2/c1-9-5-15(24(23-9)16-13(20)7-11(19)8-21-16)22-17(25)12-6-10(18)3-4-14(12)26-2/h3-8H,1-2H3,(H,22,25). The molecule has 6 nitrogen and oxygen atoms in total. The number of aromatic nitrogens is 3. The van der Waals surface area contributed by atoms with E-state index in [1.54, 1.807) is 31.2 Å². The molecule has 1 amide bonds. The minimum atomic E-state index is -0.407. The van der Waals surface area contributed by atoms with Gasteiger partial charge in [0.2, 0.25) is 0 Å². The van der Waals surface area contributed by atoms with Gasteiger partial charge in [-0.3, -0.25) is 4.79 Å². The summed E-state index contributed by atoms with van der Waals surface area (Å²) in [5.41, 5.74) is 0.965. The van der Waals surface area contributed by atoms with Crippen LogP contribution in [0.3, 0.4) is 0 Å². The number of benzene rings is 1. The van der Waals surface area contributed by atoms with E-state index in [-0.39, 0.29) is 0 Å². The first kappa shape index (κ1) is 18.5. The molecule has 0 spiro atoms. The summed E-state index contributed by atoms with van der Waals surface area (Å²) in [5, 5.41) is 8.24. The first-order valence-electron chi connectivity index (χ1n) is 7.42. The fraction of sp³-hybridized carbons (Fsp3) is 0.118. The molecule has 134 valence electrons. The van der Waals surface area contributed by atoms with Gasteiger partial charge in [-0.25, -0.2) is 4.98 Å². The van der Waals surface area contributed by atoms with E-state index < -0.39 is 5.91 Å². The van der Waals surface area contributed by atoms with E-state index in [4.69, 9.17) is 39.5 Å². The van der Waals surface area contributed by atoms with Crippen molar-refractivity contribution in [1.29, 1.82) is 0 Å². The number of rotatable bonds is 4. The van der Waals surface area contributed by atoms with Crippen molar-refractivity contribution in [2.45, 2.75) is 6.92 Å². The number of amides is 1. The first-order valence-corrected chi connectivity index (χ1v) is 8.55. The van der Waals surface area contributed by atoms with Crippen LogP contribution in [0.25, 0.3) is 5.82 Å². The highest BCUT2D eigenvalue weighted by Crippen LogP contribution is 2.27. The molecule has 0 bridgehead atoms. The van der Waals surface area contributed by atoms with Gasteiger partial charge in [0.25, 0.3) is 5.91 Å². The summed E-state index contributed by atoms with van der Waals surface area (Å²) in [7, 11) is 1.48. The maximum Gasteiger partial charge on any atom is 0.260 e. The molecule has 0 saturated heterocycles. The average molecular weight is 412 g/mol. The van der Waals surface area contributed by atoms with E-state index in [1.807, 2.05) is 0 Å². The predicted octanol–water partition coefficient (Wildman–Crippen LogP) is 4.80. The summed E-state index contributed by atoms with van der Waals surface area (Å²) in [4.78, 5) is 16.9. The van der Waals surface area contributed by atoms with Crippen molar-refractivity contribution in [1.82, 2.24) is 14.8 Å². The molecule has 0 atom stereocenters. The smallest absolute Gasteiger partial charge is 0.260 e. The Bertz CT molecular complexity index is 988. The Balaban J connectivity index is 1.99. The first-order chi connectivity index (χ1) is 12.4. The highest BCUT2D eigenvalue weighted by atomic mass is 35.5. The van der Waals surface area contributed by atoms with Gasteiger partial charge < -0.3 is 10.1 Å². The second-order valence-electron chi connectivity index (χ2n) is 5.34. The van der Waals surface area contributed by atoms with Crippen LogP contribution in [0.2, 0.25) is 15.1 Å². The van der Waals surface area contributed by atoms with Crippen LogP contribution in [-0.4, -0.2) is 27.8 Å². The molecule has 0 aliphatic carbocycles. The van der Waals surface area contributed by atoms with Crippen molar-refractivity contribution in [3.63, 3.8) is 0 Å². The lowest BCUT2D eigenvalue weighted by atomic mass is 10.2. The third kappa shape index (κ3) is 3.77. The molecule has 2 heterocycles. The van der Waals surface area contributed by atoms with Gasteiger partial charge in [0.05, 0.1) is 28.4 Å². The number of carbonyl (C=O) groups excluding carboxylic acids is 1. The number of nitrogens with one attached hydrogen (secondary N) is 1. The van der Waals surface area contributed by atoms with E-state index in [1.165, 1.54) is 24.1 Å². The molecule has 9 heteroatoms. The number of carbonyl (C=O) groups is 1. The fourth-order valence-electron chi connectivity index (χ4n) is 2.35. The van der Waals surface area contributed by atoms with Gasteiger partial charge in [0.1, 0.15) is 11.6 Å². The van der Waals surface area contributed by atoms with Gasteiger partial charge >= 0.3 is 0 Å². The maximum absolute atomic E-state index is 12.7. The molecule has 0 saturated carbocycles. The van der Waals surface area contributed by atoms with Crippen molar-refractivity contribution in [3.8, 4) is 11.6 Å². The minimum absolute atomic E-state index is 0.292. The number of aryl methyl sites for hydroxylation is 1. The largest absolute Gasteiger partial charge is 0.496 e. The summed E-state index contributed by atoms with van der Waals surface area (Å²) in [6.45, 7) is 1.79. The van der Waals surface area contributed by atoms with Gasteiger partial charge in [0, 0.05) is 17.3 Å². The average Bonchev–Trinajstić information content (AvgIpc) is 2.94. The van der Waals surface area contributed by atoms with Gasteiger partial charge in [-0.1, -0.05) is 34.8 Å². The third-order valence-electron chi connectivity index (χ3n) is 3.47. The summed E-state index contributed by atoms with van der Waals surface area (Å²) >= 11 is 18.1. The fourth-order valence-corrected chi connectivity index (χ4v) is 2.99. The van der Waals surface area contributed by atoms with E-state index in [0.29, 0.717) is 43.7 Å². The van der Waals surface area contributed by atoms with Crippen LogP contribution >= 0.6 is 34.8 Å². The number of halogens is 3. The zero-order valence-corrected chi connectivity index (χ0v) is 16.0. The molecule has 0 fully saturated rings. The van der Waals surface area contributed by atoms with Gasteiger partial charge in [0.15, 0.2) is 5.82 Å². The van der Waals surface area contributed by atoms with Crippen LogP contribution in [0.1, 0.15) is 16.1 Å². The number of anilines is 1. The van der Waals surface area contributed by atoms with Crippen molar-refractivity contribution in [2.75, 3.05) is 12.4 Å². The lowest BCUT2D eigenvalue weighted by molar-refractivity contribution is 0.102. The third-order valence-corrected chi connectivity index (χ3v) is 4.19. The molecule has 0 aliphatic rings. The minimum Gasteiger partial charge on any atom is -0.496 e. The highest BCUT2D eigenvalue weighted by molar-refractivity contribution is 6.35. The van der Waals surface area contributed by atoms with Crippen LogP contribution < -0.4 is 10.1 Å². The van der Waals surface area contributed by atoms with Crippen molar-refractivity contribution in [2.24, 2.45) is 0 Å². The Labute approximate surface area is 164 Å². The Kier molecular flexibility index (Phi) is 5.36. The zero-order valence-electron chi connectivity index (χ0n) is 13.8. The monoisotopic (exact) mass is 410 g/mol. The van der Waals surface area contributed by atoms with Crippen LogP contribution in [0.5, 0.6) is 5.75 Å². The van der Waals surface area contributed by atoms with Gasteiger partial charge in [-0.15, -0.1) is 0 Å². The number of ether oxygens (including phenoxy) is 1. The van der Waals surface area contributed by atoms with Crippen molar-refractivity contribution >= 4 is 46.5 Å². The van der Waals surface area contributed by atoms with Crippen LogP contribution in [0, 0.1) is 6.92 Å². The van der Waals surface area contributed by atoms with Crippen LogP contribution in [0.15, 0.2) is 36.5 Å². The van der Waals surface area contributed by atoms with E-state index in [2.05, 4.69) is 15.4 Å². The van der Waals surface area contributed by atoms with E-state index in [9.17, 15) is 4.79 Å². The Morgan fingerprint density at radius 1 is 1.15 bits per heavy atom. The summed E-state index contributed by atoms with van der Waals surface area (Å²) in [6, 6.07) is 8.03. The second kappa shape index (κ2) is 7.53. The Hall–Kier alpha value is -2.28. The summed E-state index contributed by atoms with van der Waals surface area (Å²) in [6.07, 6.45) is 1.45. The van der Waals surface area contributed by atoms with Crippen molar-refractivity contribution < 1.29 is 9.53 Å². The number of pyridine rings is 1. The van der Waals surface area contributed by atoms with E-state index in [0.717, 1.165) is 0 Å². The number of nitrogens with zero attached hydrogens (tertiary/aromatic N) is 3. The summed E-state index contributed by atoms with van der Waals surface area (Å²) in [5.74, 6) is 0.733. The second-order valence-corrected chi connectivity index (χ2v) is 6.62.